The Kier molecular flexibility index (Phi) is 5.58. The number of carbonyl (C=O) groups is 1. The summed E-state index contributed by atoms with van der Waals surface area (Å²) in [5.41, 5.74) is 0. The van der Waals surface area contributed by atoms with Crippen LogP contribution in [0.4, 0.5) is 0 Å². The average molecular weight is 284 g/mol. The van der Waals surface area contributed by atoms with Crippen molar-refractivity contribution in [2.24, 2.45) is 0 Å². The predicted octanol–water partition coefficient (Wildman–Crippen LogP) is 2.65. The highest BCUT2D eigenvalue weighted by Gasteiger charge is 2.40. The molecule has 0 aliphatic carbocycles. The summed E-state index contributed by atoms with van der Waals surface area (Å²) >= 11 is 1.86. The molecule has 0 aromatic heterocycles. The summed E-state index contributed by atoms with van der Waals surface area (Å²) in [6.07, 6.45) is 7.10. The summed E-state index contributed by atoms with van der Waals surface area (Å²) in [6.45, 7) is 7.24. The van der Waals surface area contributed by atoms with Crippen molar-refractivity contribution in [3.63, 3.8) is 0 Å². The molecule has 1 amide bonds. The summed E-state index contributed by atoms with van der Waals surface area (Å²) in [5.74, 6) is 1.52. The molecule has 0 radical (unpaired) electrons. The van der Waals surface area contributed by atoms with Crippen molar-refractivity contribution >= 4 is 17.7 Å². The Balaban J connectivity index is 1.95. The molecule has 2 saturated heterocycles. The average Bonchev–Trinajstić information content (AvgIpc) is 2.87. The fourth-order valence-electron chi connectivity index (χ4n) is 3.17. The van der Waals surface area contributed by atoms with E-state index in [1.165, 1.54) is 25.7 Å². The SMILES string of the molecule is CCCN(CC1CCCCN1)C(=O)C1(C)CCCS1. The topological polar surface area (TPSA) is 32.3 Å². The molecule has 0 aromatic rings. The van der Waals surface area contributed by atoms with E-state index in [2.05, 4.69) is 24.1 Å². The van der Waals surface area contributed by atoms with E-state index < -0.39 is 0 Å². The van der Waals surface area contributed by atoms with Gasteiger partial charge in [-0.2, -0.15) is 0 Å². The minimum Gasteiger partial charge on any atom is -0.340 e. The van der Waals surface area contributed by atoms with Gasteiger partial charge in [0.1, 0.15) is 0 Å². The Morgan fingerprint density at radius 3 is 2.84 bits per heavy atom. The minimum absolute atomic E-state index is 0.149. The number of thioether (sulfide) groups is 1. The van der Waals surface area contributed by atoms with Crippen molar-refractivity contribution in [1.29, 1.82) is 0 Å². The number of piperidine rings is 1. The normalized spacial score (nSPS) is 31.4. The van der Waals surface area contributed by atoms with Crippen LogP contribution in [0.3, 0.4) is 0 Å². The van der Waals surface area contributed by atoms with Gasteiger partial charge in [0.15, 0.2) is 0 Å². The number of nitrogens with one attached hydrogen (secondary N) is 1. The Bertz CT molecular complexity index is 297. The van der Waals surface area contributed by atoms with Crippen LogP contribution in [0, 0.1) is 0 Å². The zero-order valence-electron chi connectivity index (χ0n) is 12.4. The van der Waals surface area contributed by atoms with Crippen molar-refractivity contribution in [2.75, 3.05) is 25.4 Å². The van der Waals surface area contributed by atoms with Crippen LogP contribution in [0.5, 0.6) is 0 Å². The van der Waals surface area contributed by atoms with Crippen LogP contribution < -0.4 is 5.32 Å². The molecule has 0 saturated carbocycles. The first-order valence-electron chi connectivity index (χ1n) is 7.82. The van der Waals surface area contributed by atoms with Crippen molar-refractivity contribution in [2.45, 2.75) is 63.2 Å². The quantitative estimate of drug-likeness (QED) is 0.842. The second-order valence-electron chi connectivity index (χ2n) is 6.08. The lowest BCUT2D eigenvalue weighted by Gasteiger charge is -2.35. The molecule has 2 unspecified atom stereocenters. The maximum Gasteiger partial charge on any atom is 0.238 e. The van der Waals surface area contributed by atoms with E-state index in [1.54, 1.807) is 0 Å². The van der Waals surface area contributed by atoms with Gasteiger partial charge in [-0.25, -0.2) is 0 Å². The number of amides is 1. The fourth-order valence-corrected chi connectivity index (χ4v) is 4.45. The number of hydrogen-bond acceptors (Lipinski definition) is 3. The van der Waals surface area contributed by atoms with Crippen molar-refractivity contribution in [3.8, 4) is 0 Å². The third-order valence-electron chi connectivity index (χ3n) is 4.31. The summed E-state index contributed by atoms with van der Waals surface area (Å²) in [7, 11) is 0. The molecule has 3 nitrogen and oxygen atoms in total. The molecule has 2 aliphatic rings. The van der Waals surface area contributed by atoms with Gasteiger partial charge in [0, 0.05) is 19.1 Å². The van der Waals surface area contributed by atoms with Gasteiger partial charge in [0.25, 0.3) is 0 Å². The van der Waals surface area contributed by atoms with Crippen LogP contribution in [0.25, 0.3) is 0 Å². The van der Waals surface area contributed by atoms with E-state index in [9.17, 15) is 4.79 Å². The highest BCUT2D eigenvalue weighted by atomic mass is 32.2. The molecule has 2 fully saturated rings. The van der Waals surface area contributed by atoms with E-state index >= 15 is 0 Å². The second kappa shape index (κ2) is 6.98. The second-order valence-corrected chi connectivity index (χ2v) is 7.68. The molecular weight excluding hydrogens is 256 g/mol. The van der Waals surface area contributed by atoms with Crippen LogP contribution in [-0.4, -0.2) is 47.0 Å². The maximum atomic E-state index is 12.8. The lowest BCUT2D eigenvalue weighted by molar-refractivity contribution is -0.134. The lowest BCUT2D eigenvalue weighted by atomic mass is 10.0. The van der Waals surface area contributed by atoms with Gasteiger partial charge in [-0.05, 0) is 51.3 Å². The number of nitrogens with zero attached hydrogens (tertiary/aromatic N) is 1. The Hall–Kier alpha value is -0.220. The third kappa shape index (κ3) is 3.88. The van der Waals surface area contributed by atoms with Crippen LogP contribution in [0.2, 0.25) is 0 Å². The Labute approximate surface area is 121 Å². The highest BCUT2D eigenvalue weighted by molar-refractivity contribution is 8.01. The summed E-state index contributed by atoms with van der Waals surface area (Å²) in [5, 5.41) is 3.57. The number of rotatable bonds is 5. The molecule has 0 spiro atoms. The zero-order valence-corrected chi connectivity index (χ0v) is 13.2. The Morgan fingerprint density at radius 1 is 1.42 bits per heavy atom. The molecule has 2 rings (SSSR count). The van der Waals surface area contributed by atoms with Crippen molar-refractivity contribution in [3.05, 3.63) is 0 Å². The van der Waals surface area contributed by atoms with Crippen molar-refractivity contribution < 1.29 is 4.79 Å². The first-order chi connectivity index (χ1) is 9.15. The van der Waals surface area contributed by atoms with Gasteiger partial charge in [0.05, 0.1) is 4.75 Å². The smallest absolute Gasteiger partial charge is 0.238 e. The van der Waals surface area contributed by atoms with Crippen LogP contribution in [-0.2, 0) is 4.79 Å². The first-order valence-corrected chi connectivity index (χ1v) is 8.81. The van der Waals surface area contributed by atoms with Gasteiger partial charge in [-0.1, -0.05) is 13.3 Å². The molecule has 4 heteroatoms. The van der Waals surface area contributed by atoms with Gasteiger partial charge < -0.3 is 10.2 Å². The van der Waals surface area contributed by atoms with Crippen LogP contribution in [0.1, 0.15) is 52.4 Å². The fraction of sp³-hybridized carbons (Fsp3) is 0.933. The number of carbonyl (C=O) groups excluding carboxylic acids is 1. The Morgan fingerprint density at radius 2 is 2.26 bits per heavy atom. The molecular formula is C15H28N2OS. The van der Waals surface area contributed by atoms with E-state index in [4.69, 9.17) is 0 Å². The molecule has 19 heavy (non-hydrogen) atoms. The summed E-state index contributed by atoms with van der Waals surface area (Å²) < 4.78 is -0.149. The molecule has 0 bridgehead atoms. The largest absolute Gasteiger partial charge is 0.340 e. The molecule has 110 valence electrons. The number of hydrogen-bond donors (Lipinski definition) is 1. The van der Waals surface area contributed by atoms with Gasteiger partial charge in [-0.3, -0.25) is 4.79 Å². The monoisotopic (exact) mass is 284 g/mol. The maximum absolute atomic E-state index is 12.8. The molecule has 1 N–H and O–H groups in total. The van der Waals surface area contributed by atoms with Gasteiger partial charge in [-0.15, -0.1) is 11.8 Å². The zero-order chi connectivity index (χ0) is 13.7. The summed E-state index contributed by atoms with van der Waals surface area (Å²) in [6, 6.07) is 0.513. The standard InChI is InChI=1S/C15H28N2OS/c1-3-10-17(12-13-7-4-5-9-16-13)14(18)15(2)8-6-11-19-15/h13,16H,3-12H2,1-2H3. The predicted molar refractivity (Wildman–Crippen MR) is 82.6 cm³/mol. The van der Waals surface area contributed by atoms with E-state index in [-0.39, 0.29) is 4.75 Å². The minimum atomic E-state index is -0.149. The van der Waals surface area contributed by atoms with E-state index in [1.807, 2.05) is 11.8 Å². The van der Waals surface area contributed by atoms with E-state index in [0.29, 0.717) is 11.9 Å². The van der Waals surface area contributed by atoms with Crippen LogP contribution in [0.15, 0.2) is 0 Å². The molecule has 2 atom stereocenters. The van der Waals surface area contributed by atoms with Crippen molar-refractivity contribution in [1.82, 2.24) is 10.2 Å². The third-order valence-corrected chi connectivity index (χ3v) is 5.81. The molecule has 2 aliphatic heterocycles. The van der Waals surface area contributed by atoms with Crippen LogP contribution >= 0.6 is 11.8 Å². The first kappa shape index (κ1) is 15.2. The lowest BCUT2D eigenvalue weighted by Crippen LogP contribution is -2.50. The summed E-state index contributed by atoms with van der Waals surface area (Å²) in [4.78, 5) is 14.9. The molecule has 0 aromatic carbocycles. The molecule has 2 heterocycles. The van der Waals surface area contributed by atoms with Gasteiger partial charge in [0.2, 0.25) is 5.91 Å². The van der Waals surface area contributed by atoms with E-state index in [0.717, 1.165) is 38.2 Å². The highest BCUT2D eigenvalue weighted by Crippen LogP contribution is 2.39. The van der Waals surface area contributed by atoms with Gasteiger partial charge >= 0.3 is 0 Å².